The van der Waals surface area contributed by atoms with E-state index in [0.29, 0.717) is 45.2 Å². The van der Waals surface area contributed by atoms with Gasteiger partial charge in [0.05, 0.1) is 23.0 Å². The molecule has 4 heterocycles. The molecule has 0 saturated carbocycles. The summed E-state index contributed by atoms with van der Waals surface area (Å²) in [6, 6.07) is 6.69. The Morgan fingerprint density at radius 1 is 1.10 bits per heavy atom. The number of aromatic nitrogens is 3. The molecule has 3 aliphatic rings. The normalized spacial score (nSPS) is 29.3. The Balaban J connectivity index is 1.42. The van der Waals surface area contributed by atoms with Gasteiger partial charge in [-0.05, 0) is 50.7 Å². The van der Waals surface area contributed by atoms with Crippen LogP contribution < -0.4 is 10.6 Å². The van der Waals surface area contributed by atoms with Crippen molar-refractivity contribution in [2.45, 2.75) is 89.1 Å². The van der Waals surface area contributed by atoms with Crippen LogP contribution in [-0.2, 0) is 25.8 Å². The van der Waals surface area contributed by atoms with Crippen LogP contribution in [0.1, 0.15) is 65.2 Å². The molecule has 2 bridgehead atoms. The number of amides is 3. The van der Waals surface area contributed by atoms with E-state index in [1.807, 2.05) is 38.1 Å². The van der Waals surface area contributed by atoms with Gasteiger partial charge in [0.15, 0.2) is 0 Å². The lowest BCUT2D eigenvalue weighted by Crippen LogP contribution is -2.55. The van der Waals surface area contributed by atoms with E-state index in [9.17, 15) is 14.4 Å². The molecule has 3 amide bonds. The van der Waals surface area contributed by atoms with E-state index in [0.717, 1.165) is 30.3 Å². The number of unbranched alkanes of at least 4 members (excludes halogenated alkanes) is 3. The Bertz CT molecular complexity index is 1220. The van der Waals surface area contributed by atoms with Gasteiger partial charge in [-0.15, -0.1) is 5.10 Å². The fourth-order valence-corrected chi connectivity index (χ4v) is 7.05. The van der Waals surface area contributed by atoms with Crippen LogP contribution >= 0.6 is 0 Å². The number of fused-ring (bicyclic) bond motifs is 2. The number of hydrogen-bond acceptors (Lipinski definition) is 7. The van der Waals surface area contributed by atoms with E-state index in [2.05, 4.69) is 20.9 Å². The van der Waals surface area contributed by atoms with Crippen molar-refractivity contribution >= 4 is 28.8 Å². The number of carbonyl (C=O) groups is 3. The number of ether oxygens (including phenoxy) is 1. The first kappa shape index (κ1) is 27.5. The van der Waals surface area contributed by atoms with Crippen LogP contribution in [0.25, 0.3) is 11.0 Å². The molecule has 5 atom stereocenters. The van der Waals surface area contributed by atoms with Gasteiger partial charge in [-0.3, -0.25) is 14.4 Å². The molecule has 3 aliphatic heterocycles. The van der Waals surface area contributed by atoms with Gasteiger partial charge in [0.25, 0.3) is 0 Å². The molecular formula is C28H40N6O5. The summed E-state index contributed by atoms with van der Waals surface area (Å²) in [5.74, 6) is -1.94. The van der Waals surface area contributed by atoms with Crippen molar-refractivity contribution in [1.29, 1.82) is 0 Å². The van der Waals surface area contributed by atoms with Gasteiger partial charge in [0.1, 0.15) is 23.8 Å². The number of benzene rings is 1. The van der Waals surface area contributed by atoms with Gasteiger partial charge in [0.2, 0.25) is 17.7 Å². The quantitative estimate of drug-likeness (QED) is 0.329. The minimum atomic E-state index is -1.04. The summed E-state index contributed by atoms with van der Waals surface area (Å²) in [5, 5.41) is 23.5. The summed E-state index contributed by atoms with van der Waals surface area (Å²) >= 11 is 0. The Kier molecular flexibility index (Phi) is 7.91. The van der Waals surface area contributed by atoms with Gasteiger partial charge in [-0.25, -0.2) is 4.68 Å². The van der Waals surface area contributed by atoms with Crippen LogP contribution in [0, 0.1) is 11.8 Å². The molecule has 3 N–H and O–H groups in total. The predicted octanol–water partition coefficient (Wildman–Crippen LogP) is 1.74. The van der Waals surface area contributed by atoms with Crippen LogP contribution in [0.3, 0.4) is 0 Å². The van der Waals surface area contributed by atoms with Crippen LogP contribution in [-0.4, -0.2) is 79.7 Å². The smallest absolute Gasteiger partial charge is 0.247 e. The number of hydrogen-bond donors (Lipinski definition) is 3. The first-order valence-electron chi connectivity index (χ1n) is 14.4. The third kappa shape index (κ3) is 4.59. The van der Waals surface area contributed by atoms with E-state index in [4.69, 9.17) is 9.84 Å². The topological polar surface area (TPSA) is 139 Å². The van der Waals surface area contributed by atoms with Crippen LogP contribution in [0.5, 0.6) is 0 Å². The van der Waals surface area contributed by atoms with Crippen molar-refractivity contribution in [2.75, 3.05) is 19.7 Å². The zero-order chi connectivity index (χ0) is 27.6. The molecule has 0 aliphatic carbocycles. The van der Waals surface area contributed by atoms with Crippen molar-refractivity contribution in [3.63, 3.8) is 0 Å². The highest BCUT2D eigenvalue weighted by atomic mass is 16.5. The molecule has 3 saturated heterocycles. The number of para-hydroxylation sites is 1. The molecule has 1 aromatic carbocycles. The van der Waals surface area contributed by atoms with E-state index in [1.54, 1.807) is 9.58 Å². The maximum Gasteiger partial charge on any atom is 0.247 e. The Hall–Kier alpha value is -3.05. The lowest BCUT2D eigenvalue weighted by Gasteiger charge is -2.34. The maximum atomic E-state index is 14.1. The number of nitrogens with zero attached hydrogens (tertiary/aromatic N) is 4. The van der Waals surface area contributed by atoms with Gasteiger partial charge in [-0.1, -0.05) is 44.0 Å². The molecule has 1 spiro atoms. The fraction of sp³-hybridized carbons (Fsp3) is 0.679. The number of aliphatic hydroxyl groups excluding tert-OH is 1. The van der Waals surface area contributed by atoms with Crippen molar-refractivity contribution < 1.29 is 24.2 Å². The molecular weight excluding hydrogens is 500 g/mol. The van der Waals surface area contributed by atoms with E-state index >= 15 is 0 Å². The number of nitrogens with one attached hydrogen (secondary N) is 2. The van der Waals surface area contributed by atoms with Gasteiger partial charge in [-0.2, -0.15) is 0 Å². The zero-order valence-electron chi connectivity index (χ0n) is 22.9. The number of aliphatic hydroxyl groups is 1. The second kappa shape index (κ2) is 11.2. The summed E-state index contributed by atoms with van der Waals surface area (Å²) in [5.41, 5.74) is -0.255. The first-order valence-corrected chi connectivity index (χ1v) is 14.4. The Morgan fingerprint density at radius 3 is 2.67 bits per heavy atom. The number of likely N-dealkylation sites (tertiary alicyclic amines) is 1. The van der Waals surface area contributed by atoms with Gasteiger partial charge < -0.3 is 25.4 Å². The first-order chi connectivity index (χ1) is 18.9. The van der Waals surface area contributed by atoms with Crippen LogP contribution in [0.2, 0.25) is 0 Å². The summed E-state index contributed by atoms with van der Waals surface area (Å²) in [6.07, 6.45) is 5.69. The second-order valence-corrected chi connectivity index (χ2v) is 11.1. The summed E-state index contributed by atoms with van der Waals surface area (Å²) < 4.78 is 8.39. The van der Waals surface area contributed by atoms with E-state index in [-0.39, 0.29) is 31.0 Å². The highest BCUT2D eigenvalue weighted by Crippen LogP contribution is 2.64. The van der Waals surface area contributed by atoms with Gasteiger partial charge in [0, 0.05) is 19.7 Å². The van der Waals surface area contributed by atoms with Crippen molar-refractivity contribution in [2.24, 2.45) is 11.8 Å². The molecule has 212 valence electrons. The molecule has 2 aromatic rings. The minimum absolute atomic E-state index is 0.106. The average Bonchev–Trinajstić information content (AvgIpc) is 3.67. The second-order valence-electron chi connectivity index (χ2n) is 11.1. The lowest BCUT2D eigenvalue weighted by atomic mass is 9.65. The van der Waals surface area contributed by atoms with Crippen molar-refractivity contribution in [1.82, 2.24) is 30.5 Å². The monoisotopic (exact) mass is 540 g/mol. The lowest BCUT2D eigenvalue weighted by molar-refractivity contribution is -0.148. The van der Waals surface area contributed by atoms with E-state index < -0.39 is 29.1 Å². The summed E-state index contributed by atoms with van der Waals surface area (Å²) in [4.78, 5) is 43.1. The maximum absolute atomic E-state index is 14.1. The van der Waals surface area contributed by atoms with Crippen molar-refractivity contribution in [3.8, 4) is 0 Å². The Labute approximate surface area is 228 Å². The third-order valence-corrected chi connectivity index (χ3v) is 8.89. The number of carbonyl (C=O) groups excluding carboxylic acids is 3. The van der Waals surface area contributed by atoms with Crippen molar-refractivity contribution in [3.05, 3.63) is 24.3 Å². The minimum Gasteiger partial charge on any atom is -0.396 e. The summed E-state index contributed by atoms with van der Waals surface area (Å²) in [7, 11) is 0. The zero-order valence-corrected chi connectivity index (χ0v) is 22.9. The fourth-order valence-electron chi connectivity index (χ4n) is 7.05. The summed E-state index contributed by atoms with van der Waals surface area (Å²) in [6.45, 7) is 5.17. The molecule has 5 rings (SSSR count). The van der Waals surface area contributed by atoms with E-state index in [1.165, 1.54) is 0 Å². The average molecular weight is 541 g/mol. The van der Waals surface area contributed by atoms with Crippen LogP contribution in [0.4, 0.5) is 0 Å². The predicted molar refractivity (Wildman–Crippen MR) is 143 cm³/mol. The molecule has 1 aromatic heterocycles. The molecule has 11 heteroatoms. The third-order valence-electron chi connectivity index (χ3n) is 8.89. The number of rotatable bonds is 13. The molecule has 0 radical (unpaired) electrons. The highest BCUT2D eigenvalue weighted by molar-refractivity contribution is 5.99. The highest BCUT2D eigenvalue weighted by Gasteiger charge is 2.78. The molecule has 3 fully saturated rings. The largest absolute Gasteiger partial charge is 0.396 e. The van der Waals surface area contributed by atoms with Gasteiger partial charge >= 0.3 is 0 Å². The molecule has 39 heavy (non-hydrogen) atoms. The SMILES string of the molecule is CCCNC(=O)[C@@H]1[C@H]2C(=O)N(CCCCCCO)C(C(=O)NCn3nnc4ccccc43)C23CC[C@@]1(CC)O3. The van der Waals surface area contributed by atoms with Crippen LogP contribution in [0.15, 0.2) is 24.3 Å². The standard InChI is InChI=1S/C28H40N6O5/c1-3-15-29-24(36)21-22-26(38)33(16-9-5-6-10-17-35)23(28(22)14-13-27(21,4-2)39-28)25(37)30-18-34-20-12-8-7-11-19(20)31-32-34/h7-8,11-12,21-23,35H,3-6,9-10,13-18H2,1-2H3,(H,29,36)(H,30,37)/t21-,22-,23?,27+,28?/m0/s1. The molecule has 2 unspecified atom stereocenters. The Morgan fingerprint density at radius 2 is 1.90 bits per heavy atom. The molecule has 11 nitrogen and oxygen atoms in total.